The fourth-order valence-electron chi connectivity index (χ4n) is 1.99. The Morgan fingerprint density at radius 1 is 1.41 bits per heavy atom. The van der Waals surface area contributed by atoms with Gasteiger partial charge in [-0.1, -0.05) is 18.2 Å². The maximum absolute atomic E-state index is 11.9. The van der Waals surface area contributed by atoms with Crippen molar-refractivity contribution >= 4 is 24.0 Å². The van der Waals surface area contributed by atoms with Gasteiger partial charge in [0.25, 0.3) is 0 Å². The molecule has 0 aliphatic carbocycles. The monoisotopic (exact) mass is 249 g/mol. The van der Waals surface area contributed by atoms with E-state index in [1.165, 1.54) is 11.8 Å². The van der Waals surface area contributed by atoms with Crippen molar-refractivity contribution < 1.29 is 9.59 Å². The molecule has 1 heterocycles. The van der Waals surface area contributed by atoms with Gasteiger partial charge in [-0.3, -0.25) is 4.79 Å². The van der Waals surface area contributed by atoms with Gasteiger partial charge in [-0.25, -0.2) is 0 Å². The Kier molecular flexibility index (Phi) is 4.20. The Balaban J connectivity index is 1.87. The van der Waals surface area contributed by atoms with E-state index in [1.807, 2.05) is 30.3 Å². The molecule has 17 heavy (non-hydrogen) atoms. The van der Waals surface area contributed by atoms with Gasteiger partial charge in [0, 0.05) is 11.4 Å². The summed E-state index contributed by atoms with van der Waals surface area (Å²) in [5, 5.41) is 0. The Morgan fingerprint density at radius 2 is 2.18 bits per heavy atom. The maximum atomic E-state index is 11.9. The lowest BCUT2D eigenvalue weighted by molar-refractivity contribution is -0.131. The number of thioether (sulfide) groups is 1. The fourth-order valence-corrected chi connectivity index (χ4v) is 2.79. The van der Waals surface area contributed by atoms with E-state index in [1.54, 1.807) is 4.90 Å². The van der Waals surface area contributed by atoms with Gasteiger partial charge >= 0.3 is 0 Å². The molecule has 0 unspecified atom stereocenters. The summed E-state index contributed by atoms with van der Waals surface area (Å²) in [4.78, 5) is 25.5. The van der Waals surface area contributed by atoms with E-state index >= 15 is 0 Å². The largest absolute Gasteiger partial charge is 0.332 e. The molecule has 1 amide bonds. The van der Waals surface area contributed by atoms with E-state index in [0.717, 1.165) is 30.6 Å². The first-order chi connectivity index (χ1) is 8.31. The van der Waals surface area contributed by atoms with Gasteiger partial charge in [0.2, 0.25) is 5.91 Å². The third-order valence-corrected chi connectivity index (χ3v) is 3.88. The van der Waals surface area contributed by atoms with Gasteiger partial charge < -0.3 is 9.69 Å². The molecular weight excluding hydrogens is 234 g/mol. The summed E-state index contributed by atoms with van der Waals surface area (Å²) in [6, 6.07) is 9.64. The number of rotatable bonds is 4. The average Bonchev–Trinajstić information content (AvgIpc) is 2.85. The van der Waals surface area contributed by atoms with Crippen molar-refractivity contribution in [1.82, 2.24) is 4.90 Å². The number of amides is 1. The Hall–Kier alpha value is -1.29. The van der Waals surface area contributed by atoms with Crippen LogP contribution in [0.4, 0.5) is 0 Å². The Labute approximate surface area is 105 Å². The number of nitrogens with zero attached hydrogens (tertiary/aromatic N) is 1. The van der Waals surface area contributed by atoms with Crippen LogP contribution in [0.25, 0.3) is 0 Å². The molecule has 0 spiro atoms. The molecule has 1 fully saturated rings. The van der Waals surface area contributed by atoms with E-state index in [9.17, 15) is 9.59 Å². The summed E-state index contributed by atoms with van der Waals surface area (Å²) in [6.07, 6.45) is 2.63. The maximum Gasteiger partial charge on any atom is 0.233 e. The predicted octanol–water partition coefficient (Wildman–Crippen LogP) is 1.97. The van der Waals surface area contributed by atoms with E-state index < -0.39 is 0 Å². The molecule has 4 heteroatoms. The molecule has 3 nitrogen and oxygen atoms in total. The van der Waals surface area contributed by atoms with Crippen LogP contribution >= 0.6 is 11.8 Å². The first-order valence-electron chi connectivity index (χ1n) is 5.74. The standard InChI is InChI=1S/C13H15NO2S/c15-9-11-5-4-8-14(11)13(16)10-17-12-6-2-1-3-7-12/h1-3,6-7,9,11H,4-5,8,10H2/t11-/m0/s1. The minimum Gasteiger partial charge on any atom is -0.332 e. The molecule has 0 radical (unpaired) electrons. The Bertz CT molecular complexity index is 394. The topological polar surface area (TPSA) is 37.4 Å². The van der Waals surface area contributed by atoms with Gasteiger partial charge in [0.05, 0.1) is 11.8 Å². The second-order valence-electron chi connectivity index (χ2n) is 4.03. The summed E-state index contributed by atoms with van der Waals surface area (Å²) in [7, 11) is 0. The van der Waals surface area contributed by atoms with Crippen molar-refractivity contribution in [3.05, 3.63) is 30.3 Å². The lowest BCUT2D eigenvalue weighted by Gasteiger charge is -2.19. The zero-order chi connectivity index (χ0) is 12.1. The van der Waals surface area contributed by atoms with Gasteiger partial charge in [0.1, 0.15) is 6.29 Å². The quantitative estimate of drug-likeness (QED) is 0.605. The summed E-state index contributed by atoms with van der Waals surface area (Å²) in [6.45, 7) is 0.720. The van der Waals surface area contributed by atoms with Gasteiger partial charge in [0.15, 0.2) is 0 Å². The average molecular weight is 249 g/mol. The zero-order valence-electron chi connectivity index (χ0n) is 9.54. The third kappa shape index (κ3) is 3.09. The van der Waals surface area contributed by atoms with Crippen molar-refractivity contribution in [3.8, 4) is 0 Å². The predicted molar refractivity (Wildman–Crippen MR) is 68.0 cm³/mol. The van der Waals surface area contributed by atoms with Crippen molar-refractivity contribution in [3.63, 3.8) is 0 Å². The van der Waals surface area contributed by atoms with Crippen molar-refractivity contribution in [2.75, 3.05) is 12.3 Å². The molecule has 1 saturated heterocycles. The highest BCUT2D eigenvalue weighted by Crippen LogP contribution is 2.21. The van der Waals surface area contributed by atoms with Crippen molar-refractivity contribution in [2.24, 2.45) is 0 Å². The summed E-state index contributed by atoms with van der Waals surface area (Å²) < 4.78 is 0. The van der Waals surface area contributed by atoms with Crippen LogP contribution in [-0.2, 0) is 9.59 Å². The number of carbonyl (C=O) groups is 2. The van der Waals surface area contributed by atoms with E-state index in [-0.39, 0.29) is 11.9 Å². The van der Waals surface area contributed by atoms with E-state index in [2.05, 4.69) is 0 Å². The molecule has 0 saturated carbocycles. The van der Waals surface area contributed by atoms with Gasteiger partial charge in [-0.15, -0.1) is 11.8 Å². The van der Waals surface area contributed by atoms with Crippen LogP contribution in [0.15, 0.2) is 35.2 Å². The first-order valence-corrected chi connectivity index (χ1v) is 6.72. The lowest BCUT2D eigenvalue weighted by Crippen LogP contribution is -2.37. The highest BCUT2D eigenvalue weighted by Gasteiger charge is 2.27. The highest BCUT2D eigenvalue weighted by atomic mass is 32.2. The molecule has 90 valence electrons. The Morgan fingerprint density at radius 3 is 2.88 bits per heavy atom. The molecular formula is C13H15NO2S. The van der Waals surface area contributed by atoms with Crippen LogP contribution in [0, 0.1) is 0 Å². The van der Waals surface area contributed by atoms with Crippen LogP contribution in [0.5, 0.6) is 0 Å². The molecule has 0 bridgehead atoms. The summed E-state index contributed by atoms with van der Waals surface area (Å²) in [5.74, 6) is 0.474. The van der Waals surface area contributed by atoms with Crippen molar-refractivity contribution in [2.45, 2.75) is 23.8 Å². The number of carbonyl (C=O) groups excluding carboxylic acids is 2. The SMILES string of the molecule is O=C[C@@H]1CCCN1C(=O)CSc1ccccc1. The smallest absolute Gasteiger partial charge is 0.233 e. The molecule has 1 aromatic carbocycles. The number of hydrogen-bond acceptors (Lipinski definition) is 3. The molecule has 0 N–H and O–H groups in total. The summed E-state index contributed by atoms with van der Waals surface area (Å²) >= 11 is 1.52. The molecule has 1 aromatic rings. The number of likely N-dealkylation sites (tertiary alicyclic amines) is 1. The fraction of sp³-hybridized carbons (Fsp3) is 0.385. The summed E-state index contributed by atoms with van der Waals surface area (Å²) in [5.41, 5.74) is 0. The van der Waals surface area contributed by atoms with E-state index in [4.69, 9.17) is 0 Å². The van der Waals surface area contributed by atoms with Crippen LogP contribution in [0.2, 0.25) is 0 Å². The molecule has 0 aromatic heterocycles. The van der Waals surface area contributed by atoms with Gasteiger partial charge in [-0.2, -0.15) is 0 Å². The zero-order valence-corrected chi connectivity index (χ0v) is 10.4. The molecule has 1 aliphatic rings. The molecule has 2 rings (SSSR count). The second kappa shape index (κ2) is 5.87. The molecule has 1 atom stereocenters. The van der Waals surface area contributed by atoms with Crippen molar-refractivity contribution in [1.29, 1.82) is 0 Å². The minimum absolute atomic E-state index is 0.0634. The second-order valence-corrected chi connectivity index (χ2v) is 5.08. The number of benzene rings is 1. The number of aldehydes is 1. The van der Waals surface area contributed by atoms with Crippen LogP contribution in [0.1, 0.15) is 12.8 Å². The van der Waals surface area contributed by atoms with Crippen LogP contribution < -0.4 is 0 Å². The van der Waals surface area contributed by atoms with Crippen LogP contribution in [-0.4, -0.2) is 35.4 Å². The van der Waals surface area contributed by atoms with Crippen LogP contribution in [0.3, 0.4) is 0 Å². The molecule has 1 aliphatic heterocycles. The third-order valence-electron chi connectivity index (χ3n) is 2.88. The van der Waals surface area contributed by atoms with Gasteiger partial charge in [-0.05, 0) is 25.0 Å². The number of hydrogen-bond donors (Lipinski definition) is 0. The lowest BCUT2D eigenvalue weighted by atomic mass is 10.2. The highest BCUT2D eigenvalue weighted by molar-refractivity contribution is 8.00. The van der Waals surface area contributed by atoms with E-state index in [0.29, 0.717) is 5.75 Å². The normalized spacial score (nSPS) is 19.3. The first kappa shape index (κ1) is 12.2. The minimum atomic E-state index is -0.195.